The number of non-ortho nitro benzene ring substituents is 1. The van der Waals surface area contributed by atoms with Crippen molar-refractivity contribution in [3.63, 3.8) is 0 Å². The number of benzene rings is 1. The van der Waals surface area contributed by atoms with Crippen LogP contribution in [0.2, 0.25) is 0 Å². The highest BCUT2D eigenvalue weighted by molar-refractivity contribution is 7.99. The summed E-state index contributed by atoms with van der Waals surface area (Å²) in [4.78, 5) is 22.1. The molecular weight excluding hydrogens is 390 g/mol. The molecule has 0 aromatic heterocycles. The molecule has 2 rings (SSSR count). The number of nitro groups is 1. The molecule has 0 saturated carbocycles. The maximum atomic E-state index is 11.9. The highest BCUT2D eigenvalue weighted by Gasteiger charge is 2.38. The summed E-state index contributed by atoms with van der Waals surface area (Å²) >= 11 is 1.90. The Hall–Kier alpha value is -1.60. The first-order chi connectivity index (χ1) is 13.8. The number of rotatable bonds is 10. The van der Waals surface area contributed by atoms with Gasteiger partial charge in [0.15, 0.2) is 0 Å². The van der Waals surface area contributed by atoms with E-state index in [0.717, 1.165) is 31.4 Å². The Morgan fingerprint density at radius 2 is 1.79 bits per heavy atom. The average molecular weight is 424 g/mol. The summed E-state index contributed by atoms with van der Waals surface area (Å²) in [5.41, 5.74) is 0.242. The summed E-state index contributed by atoms with van der Waals surface area (Å²) < 4.78 is 11.5. The molecule has 0 aliphatic carbocycles. The SMILES string of the molecule is CCC1O[C@@H](SCCCCCC(=O)Oc2ccc([N+](=O)[O-])cc2)C(C)[C@@H](C)[C@@H]1C. The molecule has 6 nitrogen and oxygen atoms in total. The molecule has 1 aromatic rings. The van der Waals surface area contributed by atoms with Crippen LogP contribution in [0, 0.1) is 27.9 Å². The summed E-state index contributed by atoms with van der Waals surface area (Å²) in [6, 6.07) is 5.56. The minimum absolute atomic E-state index is 0.0207. The van der Waals surface area contributed by atoms with Crippen molar-refractivity contribution in [2.45, 2.75) is 71.3 Å². The number of carbonyl (C=O) groups excluding carboxylic acids is 1. The number of ether oxygens (including phenoxy) is 2. The largest absolute Gasteiger partial charge is 0.427 e. The predicted octanol–water partition coefficient (Wildman–Crippen LogP) is 5.84. The Morgan fingerprint density at radius 3 is 2.41 bits per heavy atom. The van der Waals surface area contributed by atoms with Crippen LogP contribution in [0.25, 0.3) is 0 Å². The first kappa shape index (κ1) is 23.7. The number of nitrogens with zero attached hydrogens (tertiary/aromatic N) is 1. The highest BCUT2D eigenvalue weighted by atomic mass is 32.2. The second-order valence-corrected chi connectivity index (χ2v) is 9.14. The fourth-order valence-electron chi connectivity index (χ4n) is 3.71. The van der Waals surface area contributed by atoms with E-state index in [1.807, 2.05) is 11.8 Å². The van der Waals surface area contributed by atoms with E-state index in [2.05, 4.69) is 27.7 Å². The van der Waals surface area contributed by atoms with Gasteiger partial charge in [0.05, 0.1) is 11.0 Å². The second kappa shape index (κ2) is 11.6. The maximum Gasteiger partial charge on any atom is 0.311 e. The van der Waals surface area contributed by atoms with Gasteiger partial charge in [-0.3, -0.25) is 14.9 Å². The van der Waals surface area contributed by atoms with E-state index in [4.69, 9.17) is 9.47 Å². The monoisotopic (exact) mass is 423 g/mol. The Kier molecular flexibility index (Phi) is 9.43. The molecule has 29 heavy (non-hydrogen) atoms. The standard InChI is InChI=1S/C22H33NO5S/c1-5-20-16(3)15(2)17(4)22(28-20)29-14-8-6-7-9-21(24)27-19-12-10-18(11-13-19)23(25)26/h10-13,15-17,20,22H,5-9,14H2,1-4H3/t15-,16-,17?,20?,22-/m0/s1. The molecule has 1 aromatic carbocycles. The maximum absolute atomic E-state index is 11.9. The zero-order chi connectivity index (χ0) is 21.4. The fourth-order valence-corrected chi connectivity index (χ4v) is 5.09. The third-order valence-electron chi connectivity index (χ3n) is 5.97. The van der Waals surface area contributed by atoms with Gasteiger partial charge in [-0.2, -0.15) is 0 Å². The van der Waals surface area contributed by atoms with E-state index in [1.165, 1.54) is 24.3 Å². The van der Waals surface area contributed by atoms with E-state index in [1.54, 1.807) is 0 Å². The minimum Gasteiger partial charge on any atom is -0.427 e. The van der Waals surface area contributed by atoms with Crippen LogP contribution in [0.1, 0.15) is 59.8 Å². The van der Waals surface area contributed by atoms with Gasteiger partial charge in [0, 0.05) is 18.6 Å². The van der Waals surface area contributed by atoms with Gasteiger partial charge >= 0.3 is 5.97 Å². The van der Waals surface area contributed by atoms with Gasteiger partial charge in [-0.05, 0) is 54.9 Å². The number of carbonyl (C=O) groups is 1. The van der Waals surface area contributed by atoms with Crippen molar-refractivity contribution in [3.05, 3.63) is 34.4 Å². The number of nitro benzene ring substituents is 1. The van der Waals surface area contributed by atoms with Crippen LogP contribution in [0.3, 0.4) is 0 Å². The van der Waals surface area contributed by atoms with E-state index < -0.39 is 4.92 Å². The number of unbranched alkanes of at least 4 members (excludes halogenated alkanes) is 2. The fraction of sp³-hybridized carbons (Fsp3) is 0.682. The third kappa shape index (κ3) is 7.00. The van der Waals surface area contributed by atoms with Crippen molar-refractivity contribution < 1.29 is 19.2 Å². The summed E-state index contributed by atoms with van der Waals surface area (Å²) in [7, 11) is 0. The predicted molar refractivity (Wildman–Crippen MR) is 116 cm³/mol. The van der Waals surface area contributed by atoms with E-state index in [9.17, 15) is 14.9 Å². The quantitative estimate of drug-likeness (QED) is 0.155. The number of hydrogen-bond donors (Lipinski definition) is 0. The molecule has 0 bridgehead atoms. The highest BCUT2D eigenvalue weighted by Crippen LogP contribution is 2.40. The normalized spacial score (nSPS) is 26.8. The topological polar surface area (TPSA) is 78.7 Å². The van der Waals surface area contributed by atoms with Gasteiger partial charge in [-0.15, -0.1) is 11.8 Å². The summed E-state index contributed by atoms with van der Waals surface area (Å²) in [6.07, 6.45) is 4.55. The molecule has 5 atom stereocenters. The molecule has 1 fully saturated rings. The van der Waals surface area contributed by atoms with Crippen molar-refractivity contribution in [1.82, 2.24) is 0 Å². The van der Waals surface area contributed by atoms with Crippen LogP contribution in [0.4, 0.5) is 5.69 Å². The third-order valence-corrected chi connectivity index (χ3v) is 7.37. The van der Waals surface area contributed by atoms with Crippen LogP contribution in [-0.2, 0) is 9.53 Å². The smallest absolute Gasteiger partial charge is 0.311 e. The van der Waals surface area contributed by atoms with Gasteiger partial charge < -0.3 is 9.47 Å². The number of thioether (sulfide) groups is 1. The van der Waals surface area contributed by atoms with E-state index in [0.29, 0.717) is 36.0 Å². The zero-order valence-electron chi connectivity index (χ0n) is 17.8. The lowest BCUT2D eigenvalue weighted by atomic mass is 9.79. The molecule has 1 aliphatic rings. The average Bonchev–Trinajstić information content (AvgIpc) is 2.70. The van der Waals surface area contributed by atoms with Gasteiger partial charge in [0.1, 0.15) is 11.2 Å². The van der Waals surface area contributed by atoms with Crippen molar-refractivity contribution >= 4 is 23.4 Å². The molecule has 0 radical (unpaired) electrons. The Morgan fingerprint density at radius 1 is 1.10 bits per heavy atom. The van der Waals surface area contributed by atoms with Crippen molar-refractivity contribution in [3.8, 4) is 5.75 Å². The lowest BCUT2D eigenvalue weighted by Crippen LogP contribution is -2.43. The van der Waals surface area contributed by atoms with E-state index >= 15 is 0 Å². The lowest BCUT2D eigenvalue weighted by Gasteiger charge is -2.43. The molecule has 0 spiro atoms. The first-order valence-electron chi connectivity index (χ1n) is 10.6. The molecule has 1 heterocycles. The van der Waals surface area contributed by atoms with Gasteiger partial charge in [-0.1, -0.05) is 34.1 Å². The van der Waals surface area contributed by atoms with Gasteiger partial charge in [0.25, 0.3) is 5.69 Å². The summed E-state index contributed by atoms with van der Waals surface area (Å²) in [6.45, 7) is 9.12. The van der Waals surface area contributed by atoms with Crippen molar-refractivity contribution in [1.29, 1.82) is 0 Å². The second-order valence-electron chi connectivity index (χ2n) is 7.94. The van der Waals surface area contributed by atoms with Crippen LogP contribution in [0.5, 0.6) is 5.75 Å². The molecule has 0 amide bonds. The van der Waals surface area contributed by atoms with Crippen molar-refractivity contribution in [2.24, 2.45) is 17.8 Å². The summed E-state index contributed by atoms with van der Waals surface area (Å²) in [5.74, 6) is 2.89. The molecule has 1 aliphatic heterocycles. The molecule has 1 saturated heterocycles. The van der Waals surface area contributed by atoms with Crippen LogP contribution < -0.4 is 4.74 Å². The van der Waals surface area contributed by atoms with Crippen molar-refractivity contribution in [2.75, 3.05) is 5.75 Å². The molecular formula is C22H33NO5S. The number of hydrogen-bond acceptors (Lipinski definition) is 6. The van der Waals surface area contributed by atoms with Crippen LogP contribution in [0.15, 0.2) is 24.3 Å². The Labute approximate surface area is 177 Å². The first-order valence-corrected chi connectivity index (χ1v) is 11.6. The van der Waals surface area contributed by atoms with E-state index in [-0.39, 0.29) is 17.1 Å². The Bertz CT molecular complexity index is 664. The number of esters is 1. The summed E-state index contributed by atoms with van der Waals surface area (Å²) in [5, 5.41) is 10.6. The Balaban J connectivity index is 1.61. The van der Waals surface area contributed by atoms with Gasteiger partial charge in [-0.25, -0.2) is 0 Å². The van der Waals surface area contributed by atoms with Crippen LogP contribution >= 0.6 is 11.8 Å². The molecule has 162 valence electrons. The zero-order valence-corrected chi connectivity index (χ0v) is 18.7. The minimum atomic E-state index is -0.480. The molecule has 2 unspecified atom stereocenters. The van der Waals surface area contributed by atoms with Crippen LogP contribution in [-0.4, -0.2) is 28.2 Å². The van der Waals surface area contributed by atoms with Gasteiger partial charge in [0.2, 0.25) is 0 Å². The molecule has 0 N–H and O–H groups in total. The lowest BCUT2D eigenvalue weighted by molar-refractivity contribution is -0.384. The molecule has 7 heteroatoms.